The van der Waals surface area contributed by atoms with E-state index in [9.17, 15) is 9.90 Å². The maximum atomic E-state index is 11.8. The van der Waals surface area contributed by atoms with Gasteiger partial charge in [-0.25, -0.2) is 0 Å². The summed E-state index contributed by atoms with van der Waals surface area (Å²) in [5.41, 5.74) is 6.76. The summed E-state index contributed by atoms with van der Waals surface area (Å²) in [5.74, 6) is 2.33. The number of carbonyl (C=O) groups excluding carboxylic acids is 1. The van der Waals surface area contributed by atoms with Crippen molar-refractivity contribution in [1.29, 1.82) is 0 Å². The first-order valence-corrected chi connectivity index (χ1v) is 11.7. The second-order valence-corrected chi connectivity index (χ2v) is 10.7. The monoisotopic (exact) mass is 388 g/mol. The first-order chi connectivity index (χ1) is 13.9. The van der Waals surface area contributed by atoms with Gasteiger partial charge in [-0.15, -0.1) is 0 Å². The minimum absolute atomic E-state index is 0.0339. The molecule has 6 atom stereocenters. The minimum Gasteiger partial charge on any atom is -0.389 e. The zero-order valence-corrected chi connectivity index (χ0v) is 17.7. The van der Waals surface area contributed by atoms with Gasteiger partial charge in [-0.3, -0.25) is 4.79 Å². The fourth-order valence-corrected chi connectivity index (χ4v) is 7.90. The number of benzene rings is 1. The van der Waals surface area contributed by atoms with Crippen molar-refractivity contribution in [2.24, 2.45) is 23.2 Å². The Morgan fingerprint density at radius 1 is 1.14 bits per heavy atom. The van der Waals surface area contributed by atoms with Crippen LogP contribution >= 0.6 is 0 Å². The lowest BCUT2D eigenvalue weighted by Crippen LogP contribution is -2.47. The van der Waals surface area contributed by atoms with Crippen molar-refractivity contribution in [3.8, 4) is 0 Å². The Morgan fingerprint density at radius 3 is 2.69 bits per heavy atom. The van der Waals surface area contributed by atoms with Crippen molar-refractivity contribution >= 4 is 5.78 Å². The maximum absolute atomic E-state index is 11.8. The first kappa shape index (κ1) is 18.1. The van der Waals surface area contributed by atoms with E-state index in [2.05, 4.69) is 25.1 Å². The molecule has 29 heavy (non-hydrogen) atoms. The van der Waals surface area contributed by atoms with Crippen LogP contribution in [0.4, 0.5) is 0 Å². The number of hydrogen-bond donors (Lipinski definition) is 1. The smallest absolute Gasteiger partial charge is 0.159 e. The van der Waals surface area contributed by atoms with Crippen molar-refractivity contribution in [2.45, 2.75) is 76.7 Å². The van der Waals surface area contributed by atoms with Gasteiger partial charge in [0, 0.05) is 16.9 Å². The summed E-state index contributed by atoms with van der Waals surface area (Å²) in [6.45, 7) is 4.04. The molecule has 6 rings (SSSR count). The molecular formula is C27H32O2. The molecule has 5 aliphatic carbocycles. The van der Waals surface area contributed by atoms with Crippen molar-refractivity contribution in [1.82, 2.24) is 0 Å². The van der Waals surface area contributed by atoms with Crippen LogP contribution in [-0.2, 0) is 0 Å². The summed E-state index contributed by atoms with van der Waals surface area (Å²) in [6, 6.07) is 8.41. The molecule has 0 aromatic heterocycles. The molecule has 1 aromatic carbocycles. The third kappa shape index (κ3) is 2.36. The van der Waals surface area contributed by atoms with E-state index in [1.165, 1.54) is 44.1 Å². The average molecular weight is 389 g/mol. The molecule has 0 aliphatic heterocycles. The lowest BCUT2D eigenvalue weighted by atomic mass is 9.51. The van der Waals surface area contributed by atoms with Crippen LogP contribution in [0.15, 0.2) is 47.1 Å². The number of rotatable bonds is 2. The summed E-state index contributed by atoms with van der Waals surface area (Å²) in [6.07, 6.45) is 12.0. The van der Waals surface area contributed by atoms with Gasteiger partial charge in [0.05, 0.1) is 5.60 Å². The number of Topliss-reactive ketones (excluding diaryl/α,β-unsaturated/α-hetero) is 1. The van der Waals surface area contributed by atoms with E-state index in [4.69, 9.17) is 0 Å². The summed E-state index contributed by atoms with van der Waals surface area (Å²) in [5, 5.41) is 11.5. The van der Waals surface area contributed by atoms with Gasteiger partial charge in [0.25, 0.3) is 0 Å². The van der Waals surface area contributed by atoms with Crippen LogP contribution in [0.3, 0.4) is 0 Å². The molecule has 1 aromatic rings. The summed E-state index contributed by atoms with van der Waals surface area (Å²) < 4.78 is 0. The summed E-state index contributed by atoms with van der Waals surface area (Å²) >= 11 is 0. The molecule has 152 valence electrons. The van der Waals surface area contributed by atoms with Crippen LogP contribution < -0.4 is 0 Å². The molecular weight excluding hydrogens is 356 g/mol. The van der Waals surface area contributed by atoms with Crippen LogP contribution in [-0.4, -0.2) is 16.5 Å². The Labute approximate surface area is 174 Å². The van der Waals surface area contributed by atoms with Crippen LogP contribution in [0.25, 0.3) is 0 Å². The normalized spacial score (nSPS) is 42.4. The average Bonchev–Trinajstić information content (AvgIpc) is 3.35. The predicted octanol–water partition coefficient (Wildman–Crippen LogP) is 5.97. The van der Waals surface area contributed by atoms with E-state index in [-0.39, 0.29) is 11.2 Å². The van der Waals surface area contributed by atoms with Gasteiger partial charge in [-0.2, -0.15) is 0 Å². The van der Waals surface area contributed by atoms with Gasteiger partial charge >= 0.3 is 0 Å². The predicted molar refractivity (Wildman–Crippen MR) is 115 cm³/mol. The topological polar surface area (TPSA) is 37.3 Å². The van der Waals surface area contributed by atoms with Gasteiger partial charge in [0.15, 0.2) is 5.78 Å². The zero-order valence-electron chi connectivity index (χ0n) is 17.7. The van der Waals surface area contributed by atoms with Gasteiger partial charge < -0.3 is 5.11 Å². The molecule has 0 saturated heterocycles. The van der Waals surface area contributed by atoms with Gasteiger partial charge in [0.1, 0.15) is 0 Å². The Bertz CT molecular complexity index is 951. The molecule has 0 heterocycles. The largest absolute Gasteiger partial charge is 0.389 e. The van der Waals surface area contributed by atoms with E-state index in [0.29, 0.717) is 23.7 Å². The molecule has 0 radical (unpaired) electrons. The molecule has 0 amide bonds. The molecule has 3 saturated carbocycles. The highest BCUT2D eigenvalue weighted by Crippen LogP contribution is 2.75. The third-order valence-electron chi connectivity index (χ3n) is 9.51. The Balaban J connectivity index is 1.50. The number of carbonyl (C=O) groups is 1. The highest BCUT2D eigenvalue weighted by Gasteiger charge is 2.74. The fourth-order valence-electron chi connectivity index (χ4n) is 7.90. The third-order valence-corrected chi connectivity index (χ3v) is 9.51. The number of allylic oxidation sites excluding steroid dienone is 4. The van der Waals surface area contributed by atoms with Crippen molar-refractivity contribution in [3.05, 3.63) is 58.2 Å². The Morgan fingerprint density at radius 2 is 1.93 bits per heavy atom. The zero-order chi connectivity index (χ0) is 20.0. The highest BCUT2D eigenvalue weighted by molar-refractivity contribution is 5.94. The number of ketones is 1. The van der Waals surface area contributed by atoms with Crippen LogP contribution in [0.5, 0.6) is 0 Å². The number of aliphatic hydroxyl groups is 1. The van der Waals surface area contributed by atoms with Crippen molar-refractivity contribution in [2.75, 3.05) is 0 Å². The number of fused-ring (bicyclic) bond motifs is 6. The SMILES string of the molecule is CC(=O)c1ccc([C@H]2C[C@@]3(C)[C@@H](C[C@H]4C[C@]43O)[C@@H]3CCC4=CCCCC4=C32)cc1. The second kappa shape index (κ2) is 5.94. The molecule has 0 unspecified atom stereocenters. The summed E-state index contributed by atoms with van der Waals surface area (Å²) in [4.78, 5) is 11.8. The molecule has 2 nitrogen and oxygen atoms in total. The lowest BCUT2D eigenvalue weighted by Gasteiger charge is -2.53. The van der Waals surface area contributed by atoms with Gasteiger partial charge in [-0.05, 0) is 92.8 Å². The van der Waals surface area contributed by atoms with E-state index >= 15 is 0 Å². The Kier molecular flexibility index (Phi) is 3.71. The molecule has 3 fully saturated rings. The Hall–Kier alpha value is -1.67. The summed E-state index contributed by atoms with van der Waals surface area (Å²) in [7, 11) is 0. The maximum Gasteiger partial charge on any atom is 0.159 e. The van der Waals surface area contributed by atoms with E-state index in [1.807, 2.05) is 12.1 Å². The number of hydrogen-bond acceptors (Lipinski definition) is 2. The van der Waals surface area contributed by atoms with Crippen LogP contribution in [0.1, 0.15) is 87.1 Å². The van der Waals surface area contributed by atoms with Crippen molar-refractivity contribution in [3.63, 3.8) is 0 Å². The van der Waals surface area contributed by atoms with E-state index in [1.54, 1.807) is 23.6 Å². The quantitative estimate of drug-likeness (QED) is 0.634. The van der Waals surface area contributed by atoms with Gasteiger partial charge in [0.2, 0.25) is 0 Å². The van der Waals surface area contributed by atoms with Crippen LogP contribution in [0, 0.1) is 23.2 Å². The van der Waals surface area contributed by atoms with E-state index < -0.39 is 5.60 Å². The molecule has 0 spiro atoms. The van der Waals surface area contributed by atoms with Crippen molar-refractivity contribution < 1.29 is 9.90 Å². The van der Waals surface area contributed by atoms with Crippen LogP contribution in [0.2, 0.25) is 0 Å². The molecule has 1 N–H and O–H groups in total. The second-order valence-electron chi connectivity index (χ2n) is 10.7. The molecule has 2 heteroatoms. The highest BCUT2D eigenvalue weighted by atomic mass is 16.3. The fraction of sp³-hybridized carbons (Fsp3) is 0.593. The van der Waals surface area contributed by atoms with Gasteiger partial charge in [-0.1, -0.05) is 42.8 Å². The first-order valence-electron chi connectivity index (χ1n) is 11.7. The lowest BCUT2D eigenvalue weighted by molar-refractivity contribution is -0.0419. The minimum atomic E-state index is -0.423. The molecule has 5 aliphatic rings. The molecule has 0 bridgehead atoms. The standard InChI is InChI=1S/C27H32O2/c1-16(28)17-7-9-19(10-8-17)23-15-26(2)24(13-20-14-27(20,26)29)22-12-11-18-5-3-4-6-21(18)25(22)23/h5,7-10,20,22-24,29H,3-4,6,11-15H2,1-2H3/t20-,22-,23+,24-,26-,27-/m0/s1. The van der Waals surface area contributed by atoms with E-state index in [0.717, 1.165) is 18.4 Å².